The second-order valence-electron chi connectivity index (χ2n) is 7.03. The standard InChI is InChI=1S/C20H21Cl3N2O3S/c1-12(2)6-13-7-14(21)9-15(8-13)24-20(26)17-10-16(11-18(22)19(17)23)25-4-3-5-29(25,27)28/h6-11,27-28H,3-5H2,1-2H3,(H,24,26). The van der Waals surface area contributed by atoms with Crippen molar-refractivity contribution in [2.24, 2.45) is 0 Å². The first-order chi connectivity index (χ1) is 13.6. The van der Waals surface area contributed by atoms with Crippen molar-refractivity contribution in [1.82, 2.24) is 0 Å². The molecule has 9 heteroatoms. The second kappa shape index (κ2) is 8.76. The Labute approximate surface area is 186 Å². The van der Waals surface area contributed by atoms with Crippen molar-refractivity contribution in [3.8, 4) is 0 Å². The van der Waals surface area contributed by atoms with Crippen molar-refractivity contribution in [3.63, 3.8) is 0 Å². The van der Waals surface area contributed by atoms with Gasteiger partial charge in [-0.05, 0) is 56.2 Å². The molecule has 0 aromatic heterocycles. The predicted octanol–water partition coefficient (Wildman–Crippen LogP) is 7.20. The lowest BCUT2D eigenvalue weighted by molar-refractivity contribution is 0.102. The van der Waals surface area contributed by atoms with E-state index in [9.17, 15) is 13.9 Å². The van der Waals surface area contributed by atoms with Gasteiger partial charge in [0, 0.05) is 17.3 Å². The fraction of sp³-hybridized carbons (Fsp3) is 0.250. The lowest BCUT2D eigenvalue weighted by Crippen LogP contribution is -2.22. The lowest BCUT2D eigenvalue weighted by Gasteiger charge is -2.38. The summed E-state index contributed by atoms with van der Waals surface area (Å²) < 4.78 is 21.9. The molecule has 0 unspecified atom stereocenters. The van der Waals surface area contributed by atoms with Gasteiger partial charge in [0.1, 0.15) is 0 Å². The molecule has 0 atom stereocenters. The highest BCUT2D eigenvalue weighted by Gasteiger charge is 2.30. The third kappa shape index (κ3) is 5.20. The number of nitrogens with one attached hydrogen (secondary N) is 1. The molecule has 3 rings (SSSR count). The van der Waals surface area contributed by atoms with E-state index in [1.165, 1.54) is 16.4 Å². The van der Waals surface area contributed by atoms with E-state index >= 15 is 0 Å². The number of nitrogens with zero attached hydrogens (tertiary/aromatic N) is 1. The molecule has 2 aromatic carbocycles. The van der Waals surface area contributed by atoms with Crippen LogP contribution in [0.4, 0.5) is 11.4 Å². The number of carbonyl (C=O) groups excluding carboxylic acids is 1. The van der Waals surface area contributed by atoms with Gasteiger partial charge in [-0.2, -0.15) is 0 Å². The average molecular weight is 476 g/mol. The molecule has 0 spiro atoms. The molecule has 3 N–H and O–H groups in total. The van der Waals surface area contributed by atoms with Crippen LogP contribution in [0.15, 0.2) is 35.9 Å². The maximum Gasteiger partial charge on any atom is 0.257 e. The van der Waals surface area contributed by atoms with Crippen LogP contribution in [-0.2, 0) is 0 Å². The normalized spacial score (nSPS) is 16.4. The zero-order chi connectivity index (χ0) is 21.3. The Kier molecular flexibility index (Phi) is 6.73. The fourth-order valence-corrected chi connectivity index (χ4v) is 5.39. The largest absolute Gasteiger partial charge is 0.322 e. The summed E-state index contributed by atoms with van der Waals surface area (Å²) in [5, 5.41) is 3.52. The number of halogens is 3. The molecule has 5 nitrogen and oxygen atoms in total. The number of hydrogen-bond donors (Lipinski definition) is 3. The Balaban J connectivity index is 1.94. The third-order valence-electron chi connectivity index (χ3n) is 4.31. The molecular formula is C20H21Cl3N2O3S. The molecule has 0 radical (unpaired) electrons. The van der Waals surface area contributed by atoms with Gasteiger partial charge in [-0.1, -0.05) is 46.5 Å². The highest BCUT2D eigenvalue weighted by molar-refractivity contribution is 8.25. The predicted molar refractivity (Wildman–Crippen MR) is 125 cm³/mol. The van der Waals surface area contributed by atoms with Gasteiger partial charge >= 0.3 is 0 Å². The van der Waals surface area contributed by atoms with Crippen molar-refractivity contribution < 1.29 is 13.9 Å². The molecule has 0 aliphatic carbocycles. The second-order valence-corrected chi connectivity index (χ2v) is 10.4. The van der Waals surface area contributed by atoms with Crippen LogP contribution in [0.3, 0.4) is 0 Å². The Morgan fingerprint density at radius 1 is 1.14 bits per heavy atom. The minimum Gasteiger partial charge on any atom is -0.322 e. The zero-order valence-corrected chi connectivity index (χ0v) is 19.0. The van der Waals surface area contributed by atoms with Crippen LogP contribution in [0, 0.1) is 0 Å². The number of hydrogen-bond acceptors (Lipinski definition) is 4. The molecule has 1 fully saturated rings. The van der Waals surface area contributed by atoms with Crippen LogP contribution in [0.25, 0.3) is 6.08 Å². The van der Waals surface area contributed by atoms with Gasteiger partial charge in [0.2, 0.25) is 0 Å². The Morgan fingerprint density at radius 3 is 2.48 bits per heavy atom. The van der Waals surface area contributed by atoms with Gasteiger partial charge in [0.05, 0.1) is 27.0 Å². The van der Waals surface area contributed by atoms with Gasteiger partial charge < -0.3 is 5.32 Å². The summed E-state index contributed by atoms with van der Waals surface area (Å²) in [4.78, 5) is 12.9. The smallest absolute Gasteiger partial charge is 0.257 e. The first kappa shape index (κ1) is 22.3. The Morgan fingerprint density at radius 2 is 1.86 bits per heavy atom. The maximum atomic E-state index is 12.9. The topological polar surface area (TPSA) is 72.8 Å². The first-order valence-electron chi connectivity index (χ1n) is 8.86. The lowest BCUT2D eigenvalue weighted by atomic mass is 10.1. The first-order valence-corrected chi connectivity index (χ1v) is 11.7. The monoisotopic (exact) mass is 474 g/mol. The molecular weight excluding hydrogens is 455 g/mol. The van der Waals surface area contributed by atoms with Crippen molar-refractivity contribution in [1.29, 1.82) is 0 Å². The van der Waals surface area contributed by atoms with E-state index in [1.807, 2.05) is 19.9 Å². The van der Waals surface area contributed by atoms with Crippen molar-refractivity contribution in [2.45, 2.75) is 20.3 Å². The number of allylic oxidation sites excluding steroid dienone is 1. The summed E-state index contributed by atoms with van der Waals surface area (Å²) in [6.07, 6.45) is 2.59. The van der Waals surface area contributed by atoms with E-state index in [4.69, 9.17) is 34.8 Å². The SMILES string of the molecule is CC(C)=Cc1cc(Cl)cc(NC(=O)c2cc(N3CCCS3(O)O)cc(Cl)c2Cl)c1. The number of benzene rings is 2. The molecule has 1 saturated heterocycles. The van der Waals surface area contributed by atoms with Crippen molar-refractivity contribution in [3.05, 3.63) is 62.1 Å². The third-order valence-corrected chi connectivity index (χ3v) is 7.27. The summed E-state index contributed by atoms with van der Waals surface area (Å²) in [6.45, 7) is 4.39. The van der Waals surface area contributed by atoms with Crippen LogP contribution in [-0.4, -0.2) is 27.3 Å². The van der Waals surface area contributed by atoms with Crippen LogP contribution in [0.1, 0.15) is 36.2 Å². The number of anilines is 2. The molecule has 1 heterocycles. The van der Waals surface area contributed by atoms with Crippen molar-refractivity contribution >= 4 is 68.9 Å². The maximum absolute atomic E-state index is 12.9. The van der Waals surface area contributed by atoms with Crippen LogP contribution in [0.2, 0.25) is 15.1 Å². The van der Waals surface area contributed by atoms with Gasteiger partial charge in [0.15, 0.2) is 0 Å². The van der Waals surface area contributed by atoms with E-state index in [2.05, 4.69) is 5.32 Å². The minimum atomic E-state index is -2.92. The number of rotatable bonds is 4. The van der Waals surface area contributed by atoms with E-state index in [-0.39, 0.29) is 21.4 Å². The van der Waals surface area contributed by atoms with E-state index in [0.29, 0.717) is 29.4 Å². The van der Waals surface area contributed by atoms with E-state index in [1.54, 1.807) is 18.2 Å². The summed E-state index contributed by atoms with van der Waals surface area (Å²) in [6, 6.07) is 8.29. The quantitative estimate of drug-likeness (QED) is 0.437. The summed E-state index contributed by atoms with van der Waals surface area (Å²) >= 11 is 18.7. The Hall–Kier alpha value is -1.41. The zero-order valence-electron chi connectivity index (χ0n) is 15.9. The highest BCUT2D eigenvalue weighted by atomic mass is 35.5. The summed E-state index contributed by atoms with van der Waals surface area (Å²) in [5.74, 6) is -0.190. The van der Waals surface area contributed by atoms with Gasteiger partial charge in [-0.3, -0.25) is 18.2 Å². The molecule has 2 aromatic rings. The average Bonchev–Trinajstić information content (AvgIpc) is 2.95. The van der Waals surface area contributed by atoms with Crippen LogP contribution < -0.4 is 9.62 Å². The molecule has 0 bridgehead atoms. The van der Waals surface area contributed by atoms with Crippen LogP contribution >= 0.6 is 45.6 Å². The van der Waals surface area contributed by atoms with Gasteiger partial charge in [-0.25, -0.2) is 0 Å². The van der Waals surface area contributed by atoms with E-state index in [0.717, 1.165) is 11.1 Å². The highest BCUT2D eigenvalue weighted by Crippen LogP contribution is 2.52. The minimum absolute atomic E-state index is 0.0927. The molecule has 1 aliphatic rings. The summed E-state index contributed by atoms with van der Waals surface area (Å²) in [5.41, 5.74) is 3.05. The summed E-state index contributed by atoms with van der Waals surface area (Å²) in [7, 11) is -2.92. The molecule has 29 heavy (non-hydrogen) atoms. The molecule has 1 amide bonds. The van der Waals surface area contributed by atoms with E-state index < -0.39 is 16.7 Å². The Bertz CT molecular complexity index is 991. The number of amides is 1. The van der Waals surface area contributed by atoms with Crippen molar-refractivity contribution in [2.75, 3.05) is 21.9 Å². The number of carbonyl (C=O) groups is 1. The molecule has 0 saturated carbocycles. The van der Waals surface area contributed by atoms with Gasteiger partial charge in [0.25, 0.3) is 5.91 Å². The van der Waals surface area contributed by atoms with Gasteiger partial charge in [-0.15, -0.1) is 10.8 Å². The fourth-order valence-electron chi connectivity index (χ4n) is 3.14. The van der Waals surface area contributed by atoms with Crippen LogP contribution in [0.5, 0.6) is 0 Å². The molecule has 1 aliphatic heterocycles. The molecule has 156 valence electrons.